The first-order chi connectivity index (χ1) is 10.5. The highest BCUT2D eigenvalue weighted by atomic mass is 16.1. The maximum atomic E-state index is 12.4. The van der Waals surface area contributed by atoms with Gasteiger partial charge < -0.3 is 10.3 Å². The molecule has 1 unspecified atom stereocenters. The van der Waals surface area contributed by atoms with Crippen LogP contribution in [0.15, 0.2) is 42.7 Å². The van der Waals surface area contributed by atoms with E-state index < -0.39 is 0 Å². The smallest absolute Gasteiger partial charge is 0.268 e. The number of hydrogen-bond acceptors (Lipinski definition) is 2. The first-order valence-electron chi connectivity index (χ1n) is 7.35. The molecular formula is C18H19N3O. The molecule has 1 amide bonds. The maximum Gasteiger partial charge on any atom is 0.268 e. The van der Waals surface area contributed by atoms with Crippen molar-refractivity contribution in [2.24, 2.45) is 0 Å². The lowest BCUT2D eigenvalue weighted by molar-refractivity contribution is 0.0935. The summed E-state index contributed by atoms with van der Waals surface area (Å²) in [6, 6.07) is 9.85. The third kappa shape index (κ3) is 2.72. The molecule has 2 N–H and O–H groups in total. The van der Waals surface area contributed by atoms with Gasteiger partial charge in [0, 0.05) is 23.3 Å². The summed E-state index contributed by atoms with van der Waals surface area (Å²) in [5, 5.41) is 4.10. The fourth-order valence-electron chi connectivity index (χ4n) is 2.73. The van der Waals surface area contributed by atoms with E-state index in [1.165, 1.54) is 11.1 Å². The van der Waals surface area contributed by atoms with E-state index in [1.54, 1.807) is 12.4 Å². The zero-order chi connectivity index (χ0) is 15.7. The summed E-state index contributed by atoms with van der Waals surface area (Å²) in [6.07, 6.45) is 3.46. The normalized spacial score (nSPS) is 12.3. The molecular weight excluding hydrogens is 274 g/mol. The number of nitrogens with one attached hydrogen (secondary N) is 2. The van der Waals surface area contributed by atoms with Crippen LogP contribution < -0.4 is 5.32 Å². The van der Waals surface area contributed by atoms with Crippen LogP contribution in [-0.4, -0.2) is 15.9 Å². The fraction of sp³-hybridized carbons (Fsp3) is 0.222. The molecule has 2 heterocycles. The molecule has 0 aliphatic carbocycles. The number of hydrogen-bond donors (Lipinski definition) is 2. The summed E-state index contributed by atoms with van der Waals surface area (Å²) in [7, 11) is 0. The number of aromatic amines is 1. The monoisotopic (exact) mass is 293 g/mol. The van der Waals surface area contributed by atoms with Gasteiger partial charge in [0.2, 0.25) is 0 Å². The van der Waals surface area contributed by atoms with E-state index in [4.69, 9.17) is 0 Å². The highest BCUT2D eigenvalue weighted by Crippen LogP contribution is 2.22. The van der Waals surface area contributed by atoms with Gasteiger partial charge in [-0.2, -0.15) is 0 Å². The van der Waals surface area contributed by atoms with Crippen LogP contribution in [0.3, 0.4) is 0 Å². The summed E-state index contributed by atoms with van der Waals surface area (Å²) < 4.78 is 0. The van der Waals surface area contributed by atoms with Crippen LogP contribution in [0, 0.1) is 13.8 Å². The minimum Gasteiger partial charge on any atom is -0.351 e. The van der Waals surface area contributed by atoms with Crippen LogP contribution >= 0.6 is 0 Å². The highest BCUT2D eigenvalue weighted by molar-refractivity contribution is 5.99. The second-order valence-electron chi connectivity index (χ2n) is 5.70. The van der Waals surface area contributed by atoms with E-state index in [2.05, 4.69) is 41.3 Å². The molecule has 3 rings (SSSR count). The van der Waals surface area contributed by atoms with Gasteiger partial charge in [-0.25, -0.2) is 0 Å². The number of amides is 1. The predicted molar refractivity (Wildman–Crippen MR) is 87.9 cm³/mol. The molecule has 0 saturated carbocycles. The van der Waals surface area contributed by atoms with Crippen molar-refractivity contribution in [1.29, 1.82) is 0 Å². The lowest BCUT2D eigenvalue weighted by atomic mass is 10.1. The summed E-state index contributed by atoms with van der Waals surface area (Å²) >= 11 is 0. The summed E-state index contributed by atoms with van der Waals surface area (Å²) in [5.74, 6) is -0.0995. The third-order valence-electron chi connectivity index (χ3n) is 3.89. The number of rotatable bonds is 3. The van der Waals surface area contributed by atoms with Gasteiger partial charge in [0.25, 0.3) is 5.91 Å². The Hall–Kier alpha value is -2.62. The Balaban J connectivity index is 1.85. The molecule has 0 aliphatic rings. The van der Waals surface area contributed by atoms with Crippen molar-refractivity contribution >= 4 is 16.8 Å². The number of nitrogens with zero attached hydrogens (tertiary/aromatic N) is 1. The molecule has 112 valence electrons. The number of fused-ring (bicyclic) bond motifs is 1. The molecule has 0 aliphatic heterocycles. The Morgan fingerprint density at radius 1 is 1.18 bits per heavy atom. The fourth-order valence-corrected chi connectivity index (χ4v) is 2.73. The van der Waals surface area contributed by atoms with E-state index in [0.29, 0.717) is 5.69 Å². The first kappa shape index (κ1) is 14.3. The van der Waals surface area contributed by atoms with Crippen molar-refractivity contribution in [3.63, 3.8) is 0 Å². The van der Waals surface area contributed by atoms with E-state index in [9.17, 15) is 4.79 Å². The van der Waals surface area contributed by atoms with E-state index >= 15 is 0 Å². The van der Waals surface area contributed by atoms with E-state index in [-0.39, 0.29) is 11.9 Å². The van der Waals surface area contributed by atoms with Crippen molar-refractivity contribution in [3.8, 4) is 0 Å². The molecule has 0 fully saturated rings. The molecule has 2 aromatic heterocycles. The largest absolute Gasteiger partial charge is 0.351 e. The van der Waals surface area contributed by atoms with Crippen LogP contribution in [0.1, 0.15) is 40.1 Å². The third-order valence-corrected chi connectivity index (χ3v) is 3.89. The van der Waals surface area contributed by atoms with Gasteiger partial charge in [0.15, 0.2) is 0 Å². The Labute approximate surface area is 129 Å². The molecule has 0 bridgehead atoms. The van der Waals surface area contributed by atoms with Crippen LogP contribution in [0.2, 0.25) is 0 Å². The van der Waals surface area contributed by atoms with Crippen molar-refractivity contribution in [2.75, 3.05) is 0 Å². The van der Waals surface area contributed by atoms with Crippen molar-refractivity contribution in [2.45, 2.75) is 26.8 Å². The number of carbonyl (C=O) groups is 1. The minimum absolute atomic E-state index is 0.0651. The highest BCUT2D eigenvalue weighted by Gasteiger charge is 2.14. The van der Waals surface area contributed by atoms with Gasteiger partial charge in [0.1, 0.15) is 5.69 Å². The van der Waals surface area contributed by atoms with Crippen LogP contribution in [0.5, 0.6) is 0 Å². The maximum absolute atomic E-state index is 12.4. The average Bonchev–Trinajstić information content (AvgIpc) is 2.92. The minimum atomic E-state index is -0.0995. The Morgan fingerprint density at radius 3 is 2.64 bits per heavy atom. The topological polar surface area (TPSA) is 57.8 Å². The lowest BCUT2D eigenvalue weighted by Crippen LogP contribution is -2.26. The zero-order valence-electron chi connectivity index (χ0n) is 13.0. The Morgan fingerprint density at radius 2 is 1.91 bits per heavy atom. The van der Waals surface area contributed by atoms with Crippen molar-refractivity contribution in [1.82, 2.24) is 15.3 Å². The molecule has 0 saturated heterocycles. The molecule has 0 spiro atoms. The standard InChI is InChI=1S/C18H19N3O/c1-11-8-12(2)15-10-17(21-16(15)9-11)18(22)20-13(3)14-4-6-19-7-5-14/h4-10,13,21H,1-3H3,(H,20,22). The quantitative estimate of drug-likeness (QED) is 0.774. The Kier molecular flexibility index (Phi) is 3.67. The van der Waals surface area contributed by atoms with Gasteiger partial charge in [-0.1, -0.05) is 6.07 Å². The van der Waals surface area contributed by atoms with E-state index in [0.717, 1.165) is 16.5 Å². The molecule has 1 atom stereocenters. The number of carbonyl (C=O) groups excluding carboxylic acids is 1. The van der Waals surface area contributed by atoms with Gasteiger partial charge >= 0.3 is 0 Å². The molecule has 3 aromatic rings. The van der Waals surface area contributed by atoms with Gasteiger partial charge in [-0.3, -0.25) is 9.78 Å². The molecule has 4 nitrogen and oxygen atoms in total. The zero-order valence-corrected chi connectivity index (χ0v) is 13.0. The first-order valence-corrected chi connectivity index (χ1v) is 7.35. The van der Waals surface area contributed by atoms with Crippen LogP contribution in [0.4, 0.5) is 0 Å². The SMILES string of the molecule is Cc1cc(C)c2cc(C(=O)NC(C)c3ccncc3)[nH]c2c1. The number of aryl methyl sites for hydroxylation is 2. The number of benzene rings is 1. The molecule has 1 aromatic carbocycles. The van der Waals surface area contributed by atoms with Gasteiger partial charge in [0.05, 0.1) is 6.04 Å². The molecule has 4 heteroatoms. The Bertz CT molecular complexity index is 821. The average molecular weight is 293 g/mol. The van der Waals surface area contributed by atoms with Crippen LogP contribution in [0.25, 0.3) is 10.9 Å². The summed E-state index contributed by atoms with van der Waals surface area (Å²) in [6.45, 7) is 6.08. The number of pyridine rings is 1. The van der Waals surface area contributed by atoms with E-state index in [1.807, 2.05) is 25.1 Å². The second-order valence-corrected chi connectivity index (χ2v) is 5.70. The summed E-state index contributed by atoms with van der Waals surface area (Å²) in [4.78, 5) is 19.6. The molecule has 22 heavy (non-hydrogen) atoms. The molecule has 0 radical (unpaired) electrons. The van der Waals surface area contributed by atoms with Gasteiger partial charge in [-0.05, 0) is 61.7 Å². The van der Waals surface area contributed by atoms with Crippen molar-refractivity contribution in [3.05, 3.63) is 65.1 Å². The van der Waals surface area contributed by atoms with Crippen LogP contribution in [-0.2, 0) is 0 Å². The number of H-pyrrole nitrogens is 1. The number of aromatic nitrogens is 2. The predicted octanol–water partition coefficient (Wildman–Crippen LogP) is 3.67. The summed E-state index contributed by atoms with van der Waals surface area (Å²) in [5.41, 5.74) is 4.98. The lowest BCUT2D eigenvalue weighted by Gasteiger charge is -2.13. The van der Waals surface area contributed by atoms with Gasteiger partial charge in [-0.15, -0.1) is 0 Å². The van der Waals surface area contributed by atoms with Crippen molar-refractivity contribution < 1.29 is 4.79 Å². The second kappa shape index (κ2) is 5.64.